The molecular formula is C18H20O7. The maximum atomic E-state index is 11.9. The molecule has 134 valence electrons. The lowest BCUT2D eigenvalue weighted by atomic mass is 9.91. The molecule has 7 nitrogen and oxygen atoms in total. The summed E-state index contributed by atoms with van der Waals surface area (Å²) < 4.78 is 20.8. The fraction of sp³-hybridized carbons (Fsp3) is 0.333. The Morgan fingerprint density at radius 2 is 1.92 bits per heavy atom. The van der Waals surface area contributed by atoms with Crippen molar-refractivity contribution in [3.63, 3.8) is 0 Å². The van der Waals surface area contributed by atoms with Gasteiger partial charge < -0.3 is 23.7 Å². The van der Waals surface area contributed by atoms with E-state index in [1.165, 1.54) is 27.4 Å². The SMILES string of the molecule is COC(=O)CC(c1ccc(OC)cc1OC)c1oc(C)cc(=O)c1O. The molecule has 1 aromatic heterocycles. The van der Waals surface area contributed by atoms with Gasteiger partial charge in [-0.15, -0.1) is 0 Å². The summed E-state index contributed by atoms with van der Waals surface area (Å²) in [6.07, 6.45) is -0.140. The Kier molecular flexibility index (Phi) is 5.69. The number of aryl methyl sites for hydroxylation is 1. The van der Waals surface area contributed by atoms with Gasteiger partial charge in [0.1, 0.15) is 17.3 Å². The van der Waals surface area contributed by atoms with Crippen molar-refractivity contribution in [3.05, 3.63) is 51.6 Å². The number of methoxy groups -OCH3 is 3. The minimum Gasteiger partial charge on any atom is -0.502 e. The van der Waals surface area contributed by atoms with Crippen molar-refractivity contribution in [1.82, 2.24) is 0 Å². The minimum absolute atomic E-state index is 0.0149. The molecule has 2 aromatic rings. The van der Waals surface area contributed by atoms with E-state index >= 15 is 0 Å². The summed E-state index contributed by atoms with van der Waals surface area (Å²) in [5.74, 6) is -0.534. The smallest absolute Gasteiger partial charge is 0.306 e. The third-order valence-corrected chi connectivity index (χ3v) is 3.80. The first-order valence-electron chi connectivity index (χ1n) is 7.53. The normalized spacial score (nSPS) is 11.7. The molecule has 0 aliphatic heterocycles. The summed E-state index contributed by atoms with van der Waals surface area (Å²) in [4.78, 5) is 23.8. The first-order chi connectivity index (χ1) is 11.9. The van der Waals surface area contributed by atoms with E-state index in [1.807, 2.05) is 0 Å². The first-order valence-corrected chi connectivity index (χ1v) is 7.53. The van der Waals surface area contributed by atoms with E-state index in [1.54, 1.807) is 25.1 Å². The lowest BCUT2D eigenvalue weighted by molar-refractivity contribution is -0.140. The monoisotopic (exact) mass is 348 g/mol. The van der Waals surface area contributed by atoms with Crippen LogP contribution in [0.15, 0.2) is 33.5 Å². The predicted molar refractivity (Wildman–Crippen MR) is 89.4 cm³/mol. The highest BCUT2D eigenvalue weighted by molar-refractivity contribution is 5.71. The van der Waals surface area contributed by atoms with Crippen LogP contribution in [0.25, 0.3) is 0 Å². The van der Waals surface area contributed by atoms with Crippen molar-refractivity contribution >= 4 is 5.97 Å². The van der Waals surface area contributed by atoms with Crippen molar-refractivity contribution in [1.29, 1.82) is 0 Å². The van der Waals surface area contributed by atoms with Crippen LogP contribution >= 0.6 is 0 Å². The Hall–Kier alpha value is -2.96. The Morgan fingerprint density at radius 1 is 1.20 bits per heavy atom. The third-order valence-electron chi connectivity index (χ3n) is 3.80. The molecule has 1 aromatic carbocycles. The molecule has 0 aliphatic carbocycles. The molecule has 0 spiro atoms. The molecular weight excluding hydrogens is 328 g/mol. The molecule has 0 amide bonds. The van der Waals surface area contributed by atoms with Crippen molar-refractivity contribution in [2.45, 2.75) is 19.3 Å². The fourth-order valence-electron chi connectivity index (χ4n) is 2.56. The maximum Gasteiger partial charge on any atom is 0.306 e. The van der Waals surface area contributed by atoms with Crippen LogP contribution in [-0.4, -0.2) is 32.4 Å². The lowest BCUT2D eigenvalue weighted by Gasteiger charge is -2.20. The van der Waals surface area contributed by atoms with Gasteiger partial charge in [0.05, 0.1) is 33.7 Å². The van der Waals surface area contributed by atoms with Crippen LogP contribution < -0.4 is 14.9 Å². The summed E-state index contributed by atoms with van der Waals surface area (Å²) >= 11 is 0. The van der Waals surface area contributed by atoms with Crippen LogP contribution in [0.2, 0.25) is 0 Å². The van der Waals surface area contributed by atoms with Crippen LogP contribution in [0.3, 0.4) is 0 Å². The van der Waals surface area contributed by atoms with Crippen molar-refractivity contribution < 1.29 is 28.5 Å². The second-order valence-electron chi connectivity index (χ2n) is 5.37. The van der Waals surface area contributed by atoms with Gasteiger partial charge in [-0.05, 0) is 13.0 Å². The molecule has 7 heteroatoms. The highest BCUT2D eigenvalue weighted by atomic mass is 16.5. The molecule has 0 fully saturated rings. The van der Waals surface area contributed by atoms with E-state index < -0.39 is 23.1 Å². The van der Waals surface area contributed by atoms with Crippen LogP contribution in [0.4, 0.5) is 0 Å². The molecule has 0 bridgehead atoms. The van der Waals surface area contributed by atoms with E-state index in [4.69, 9.17) is 18.6 Å². The summed E-state index contributed by atoms with van der Waals surface area (Å²) in [5.41, 5.74) is -0.0288. The second kappa shape index (κ2) is 7.74. The molecule has 0 aliphatic rings. The maximum absolute atomic E-state index is 11.9. The van der Waals surface area contributed by atoms with Crippen molar-refractivity contribution in [2.75, 3.05) is 21.3 Å². The van der Waals surface area contributed by atoms with Gasteiger partial charge in [0.25, 0.3) is 0 Å². The zero-order valence-corrected chi connectivity index (χ0v) is 14.5. The number of hydrogen-bond donors (Lipinski definition) is 1. The average Bonchev–Trinajstić information content (AvgIpc) is 2.62. The Balaban J connectivity index is 2.66. The largest absolute Gasteiger partial charge is 0.502 e. The summed E-state index contributed by atoms with van der Waals surface area (Å²) in [5, 5.41) is 10.2. The molecule has 1 unspecified atom stereocenters. The van der Waals surface area contributed by atoms with E-state index in [9.17, 15) is 14.7 Å². The minimum atomic E-state index is -0.763. The van der Waals surface area contributed by atoms with Gasteiger partial charge >= 0.3 is 5.97 Å². The summed E-state index contributed by atoms with van der Waals surface area (Å²) in [7, 11) is 4.25. The molecule has 1 heterocycles. The zero-order valence-electron chi connectivity index (χ0n) is 14.5. The topological polar surface area (TPSA) is 95.2 Å². The average molecular weight is 348 g/mol. The Labute approximate surface area is 144 Å². The van der Waals surface area contributed by atoms with Gasteiger partial charge in [-0.1, -0.05) is 6.07 Å². The van der Waals surface area contributed by atoms with Gasteiger partial charge in [-0.3, -0.25) is 9.59 Å². The molecule has 0 saturated carbocycles. The zero-order chi connectivity index (χ0) is 18.6. The van der Waals surface area contributed by atoms with Gasteiger partial charge in [0, 0.05) is 17.7 Å². The van der Waals surface area contributed by atoms with Crippen molar-refractivity contribution in [2.24, 2.45) is 0 Å². The molecule has 1 atom stereocenters. The number of hydrogen-bond acceptors (Lipinski definition) is 7. The van der Waals surface area contributed by atoms with E-state index in [2.05, 4.69) is 0 Å². The van der Waals surface area contributed by atoms with E-state index in [0.29, 0.717) is 22.8 Å². The van der Waals surface area contributed by atoms with E-state index in [-0.39, 0.29) is 12.2 Å². The molecule has 0 saturated heterocycles. The number of carbonyl (C=O) groups excluding carboxylic acids is 1. The first kappa shape index (κ1) is 18.4. The highest BCUT2D eigenvalue weighted by Crippen LogP contribution is 2.39. The van der Waals surface area contributed by atoms with Gasteiger partial charge in [-0.2, -0.15) is 0 Å². The van der Waals surface area contributed by atoms with Crippen LogP contribution in [0.5, 0.6) is 17.2 Å². The van der Waals surface area contributed by atoms with E-state index in [0.717, 1.165) is 0 Å². The lowest BCUT2D eigenvalue weighted by Crippen LogP contribution is -2.14. The molecule has 2 rings (SSSR count). The molecule has 25 heavy (non-hydrogen) atoms. The number of esters is 1. The van der Waals surface area contributed by atoms with Crippen LogP contribution in [0.1, 0.15) is 29.4 Å². The third kappa shape index (κ3) is 3.93. The number of ether oxygens (including phenoxy) is 3. The Bertz CT molecular complexity index is 823. The predicted octanol–water partition coefficient (Wildman–Crippen LogP) is 2.37. The second-order valence-corrected chi connectivity index (χ2v) is 5.37. The quantitative estimate of drug-likeness (QED) is 0.801. The van der Waals surface area contributed by atoms with Crippen molar-refractivity contribution in [3.8, 4) is 17.2 Å². The summed E-state index contributed by atoms with van der Waals surface area (Å²) in [6.45, 7) is 1.59. The van der Waals surface area contributed by atoms with Gasteiger partial charge in [0.2, 0.25) is 11.2 Å². The number of aromatic hydroxyl groups is 1. The Morgan fingerprint density at radius 3 is 2.52 bits per heavy atom. The van der Waals surface area contributed by atoms with Gasteiger partial charge in [-0.25, -0.2) is 0 Å². The molecule has 0 radical (unpaired) electrons. The number of rotatable bonds is 6. The fourth-order valence-corrected chi connectivity index (χ4v) is 2.56. The number of carbonyl (C=O) groups is 1. The molecule has 1 N–H and O–H groups in total. The number of benzene rings is 1. The van der Waals surface area contributed by atoms with Crippen LogP contribution in [0, 0.1) is 6.92 Å². The summed E-state index contributed by atoms with van der Waals surface area (Å²) in [6, 6.07) is 6.20. The van der Waals surface area contributed by atoms with Crippen LogP contribution in [-0.2, 0) is 9.53 Å². The highest BCUT2D eigenvalue weighted by Gasteiger charge is 2.28. The standard InChI is InChI=1S/C18H20O7/c1-10-7-14(19)17(21)18(25-10)13(9-16(20)24-4)12-6-5-11(22-2)8-15(12)23-3/h5-8,13,21H,9H2,1-4H3. The van der Waals surface area contributed by atoms with Gasteiger partial charge in [0.15, 0.2) is 5.76 Å².